The van der Waals surface area contributed by atoms with Crippen LogP contribution >= 0.6 is 13.5 Å². The highest BCUT2D eigenvalue weighted by molar-refractivity contribution is 7.59. The molecule has 4 rings (SSSR count). The number of aliphatic hydroxyl groups is 1. The summed E-state index contributed by atoms with van der Waals surface area (Å²) in [6.45, 7) is 4.18. The van der Waals surface area contributed by atoms with Gasteiger partial charge in [0.05, 0.1) is 30.4 Å². The Morgan fingerprint density at radius 2 is 1.79 bits per heavy atom. The fraction of sp³-hybridized carbons (Fsp3) is 0.500. The number of piperazine rings is 1. The Labute approximate surface area is 234 Å². The standard InChI is InChI=1S/C28H34F3N5O2.H2S/c1-19-13-20(2)25(33-22-7-9-34(10-8-22)26-6-4-3-5-21(26)15-32)14-24(19)27(38)35-11-12-36(18-28(29,30)31)23(16-35)17-37;/h3-6,13-14,22-23,33,37H,7-12,16-18H2,1-2H3;1H2/t23-;/m0./s1. The van der Waals surface area contributed by atoms with Crippen LogP contribution in [0.4, 0.5) is 24.5 Å². The minimum absolute atomic E-state index is 0. The van der Waals surface area contributed by atoms with Crippen LogP contribution in [0.5, 0.6) is 0 Å². The van der Waals surface area contributed by atoms with Crippen LogP contribution in [0.2, 0.25) is 0 Å². The SMILES string of the molecule is Cc1cc(C)c(C(=O)N2CCN(CC(F)(F)F)[C@H](CO)C2)cc1NC1CCN(c2ccccc2C#N)CC1.S. The number of nitriles is 1. The molecule has 0 bridgehead atoms. The summed E-state index contributed by atoms with van der Waals surface area (Å²) in [6, 6.07) is 13.1. The van der Waals surface area contributed by atoms with E-state index in [1.807, 2.05) is 50.2 Å². The second-order valence-corrected chi connectivity index (χ2v) is 10.2. The largest absolute Gasteiger partial charge is 0.401 e. The van der Waals surface area contributed by atoms with Crippen LogP contribution in [0, 0.1) is 25.2 Å². The quantitative estimate of drug-likeness (QED) is 0.552. The number of carbonyl (C=O) groups is 1. The Hall–Kier alpha value is -2.94. The molecule has 1 amide bonds. The zero-order valence-corrected chi connectivity index (χ0v) is 23.3. The Balaban J connectivity index is 0.00000420. The molecule has 39 heavy (non-hydrogen) atoms. The highest BCUT2D eigenvalue weighted by atomic mass is 32.1. The molecule has 2 N–H and O–H groups in total. The molecule has 2 saturated heterocycles. The van der Waals surface area contributed by atoms with Gasteiger partial charge in [0.1, 0.15) is 6.07 Å². The molecule has 2 fully saturated rings. The zero-order valence-electron chi connectivity index (χ0n) is 22.3. The first-order valence-electron chi connectivity index (χ1n) is 12.9. The van der Waals surface area contributed by atoms with Gasteiger partial charge in [-0.15, -0.1) is 0 Å². The van der Waals surface area contributed by atoms with Crippen molar-refractivity contribution in [2.45, 2.75) is 44.9 Å². The van der Waals surface area contributed by atoms with Gasteiger partial charge in [-0.2, -0.15) is 31.9 Å². The molecule has 0 radical (unpaired) electrons. The minimum atomic E-state index is -4.36. The van der Waals surface area contributed by atoms with Gasteiger partial charge in [0.15, 0.2) is 0 Å². The summed E-state index contributed by atoms with van der Waals surface area (Å²) in [5, 5.41) is 22.7. The third-order valence-corrected chi connectivity index (χ3v) is 7.51. The molecule has 0 saturated carbocycles. The highest BCUT2D eigenvalue weighted by Crippen LogP contribution is 2.28. The maximum Gasteiger partial charge on any atom is 0.401 e. The third-order valence-electron chi connectivity index (χ3n) is 7.51. The van der Waals surface area contributed by atoms with Crippen molar-refractivity contribution in [1.82, 2.24) is 9.80 Å². The molecule has 1 atom stereocenters. The van der Waals surface area contributed by atoms with Crippen molar-refractivity contribution < 1.29 is 23.1 Å². The highest BCUT2D eigenvalue weighted by Gasteiger charge is 2.37. The fourth-order valence-corrected chi connectivity index (χ4v) is 5.43. The monoisotopic (exact) mass is 563 g/mol. The predicted octanol–water partition coefficient (Wildman–Crippen LogP) is 4.05. The van der Waals surface area contributed by atoms with E-state index in [4.69, 9.17) is 0 Å². The fourth-order valence-electron chi connectivity index (χ4n) is 5.43. The lowest BCUT2D eigenvalue weighted by Gasteiger charge is -2.41. The lowest BCUT2D eigenvalue weighted by molar-refractivity contribution is -0.156. The first-order valence-corrected chi connectivity index (χ1v) is 12.9. The van der Waals surface area contributed by atoms with Gasteiger partial charge in [0.2, 0.25) is 0 Å². The van der Waals surface area contributed by atoms with E-state index in [0.29, 0.717) is 11.1 Å². The molecule has 2 aromatic rings. The number of amides is 1. The molecule has 0 spiro atoms. The summed E-state index contributed by atoms with van der Waals surface area (Å²) in [5.41, 5.74) is 4.81. The zero-order chi connectivity index (χ0) is 27.4. The van der Waals surface area contributed by atoms with Crippen molar-refractivity contribution in [1.29, 1.82) is 5.26 Å². The molecule has 2 aliphatic heterocycles. The van der Waals surface area contributed by atoms with Crippen molar-refractivity contribution in [3.05, 3.63) is 58.7 Å². The van der Waals surface area contributed by atoms with Gasteiger partial charge in [0, 0.05) is 50.0 Å². The number of para-hydroxylation sites is 1. The Kier molecular flexibility index (Phi) is 10.2. The summed E-state index contributed by atoms with van der Waals surface area (Å²) in [5.74, 6) is -0.237. The van der Waals surface area contributed by atoms with E-state index in [1.54, 1.807) is 4.90 Å². The lowest BCUT2D eigenvalue weighted by atomic mass is 9.99. The number of halogens is 3. The summed E-state index contributed by atoms with van der Waals surface area (Å²) in [4.78, 5) is 18.4. The van der Waals surface area contributed by atoms with Crippen LogP contribution in [0.15, 0.2) is 36.4 Å². The third kappa shape index (κ3) is 7.38. The molecule has 0 aliphatic carbocycles. The van der Waals surface area contributed by atoms with Crippen LogP contribution in [0.3, 0.4) is 0 Å². The summed E-state index contributed by atoms with van der Waals surface area (Å²) < 4.78 is 38.7. The molecular formula is C28H36F3N5O2S. The van der Waals surface area contributed by atoms with Crippen LogP contribution in [-0.4, -0.2) is 84.9 Å². The molecular weight excluding hydrogens is 527 g/mol. The number of aliphatic hydroxyl groups excluding tert-OH is 1. The molecule has 0 unspecified atom stereocenters. The van der Waals surface area contributed by atoms with Crippen molar-refractivity contribution in [3.63, 3.8) is 0 Å². The molecule has 11 heteroatoms. The summed E-state index contributed by atoms with van der Waals surface area (Å²) in [6.07, 6.45) is -2.62. The van der Waals surface area contributed by atoms with Crippen LogP contribution in [0.1, 0.15) is 39.9 Å². The second-order valence-electron chi connectivity index (χ2n) is 10.2. The average molecular weight is 564 g/mol. The van der Waals surface area contributed by atoms with E-state index in [2.05, 4.69) is 16.3 Å². The van der Waals surface area contributed by atoms with Crippen LogP contribution in [-0.2, 0) is 0 Å². The normalized spacial score (nSPS) is 18.8. The number of carbonyl (C=O) groups excluding carboxylic acids is 1. The van der Waals surface area contributed by atoms with Crippen molar-refractivity contribution >= 4 is 30.8 Å². The molecule has 0 aromatic heterocycles. The Morgan fingerprint density at radius 3 is 2.44 bits per heavy atom. The minimum Gasteiger partial charge on any atom is -0.395 e. The maximum atomic E-state index is 13.4. The van der Waals surface area contributed by atoms with Crippen LogP contribution < -0.4 is 10.2 Å². The van der Waals surface area contributed by atoms with E-state index in [-0.39, 0.29) is 45.1 Å². The van der Waals surface area contributed by atoms with Gasteiger partial charge < -0.3 is 20.2 Å². The van der Waals surface area contributed by atoms with E-state index < -0.39 is 25.4 Å². The van der Waals surface area contributed by atoms with Gasteiger partial charge in [-0.25, -0.2) is 0 Å². The molecule has 212 valence electrons. The van der Waals surface area contributed by atoms with Gasteiger partial charge in [-0.05, 0) is 56.0 Å². The topological polar surface area (TPSA) is 82.8 Å². The number of anilines is 2. The van der Waals surface area contributed by atoms with Gasteiger partial charge in [-0.3, -0.25) is 9.69 Å². The molecule has 2 aliphatic rings. The van der Waals surface area contributed by atoms with Gasteiger partial charge in [0.25, 0.3) is 5.91 Å². The number of benzene rings is 2. The molecule has 2 heterocycles. The second kappa shape index (κ2) is 12.9. The number of aryl methyl sites for hydroxylation is 2. The number of hydrogen-bond donors (Lipinski definition) is 2. The first kappa shape index (κ1) is 30.6. The first-order chi connectivity index (χ1) is 18.1. The van der Waals surface area contributed by atoms with Crippen molar-refractivity contribution in [2.75, 3.05) is 56.1 Å². The van der Waals surface area contributed by atoms with E-state index >= 15 is 0 Å². The van der Waals surface area contributed by atoms with E-state index in [1.165, 1.54) is 4.90 Å². The number of nitrogens with zero attached hydrogens (tertiary/aromatic N) is 4. The number of alkyl halides is 3. The smallest absolute Gasteiger partial charge is 0.395 e. The van der Waals surface area contributed by atoms with E-state index in [9.17, 15) is 28.3 Å². The summed E-state index contributed by atoms with van der Waals surface area (Å²) in [7, 11) is 0. The number of piperidine rings is 1. The van der Waals surface area contributed by atoms with Crippen LogP contribution in [0.25, 0.3) is 0 Å². The van der Waals surface area contributed by atoms with Gasteiger partial charge in [-0.1, -0.05) is 18.2 Å². The molecule has 7 nitrogen and oxygen atoms in total. The summed E-state index contributed by atoms with van der Waals surface area (Å²) >= 11 is 0. The van der Waals surface area contributed by atoms with Crippen molar-refractivity contribution in [2.24, 2.45) is 0 Å². The average Bonchev–Trinajstić information content (AvgIpc) is 2.89. The van der Waals surface area contributed by atoms with Crippen molar-refractivity contribution in [3.8, 4) is 6.07 Å². The van der Waals surface area contributed by atoms with E-state index in [0.717, 1.165) is 48.4 Å². The Bertz CT molecular complexity index is 1190. The predicted molar refractivity (Wildman–Crippen MR) is 151 cm³/mol. The number of nitrogens with one attached hydrogen (secondary N) is 1. The van der Waals surface area contributed by atoms with Gasteiger partial charge >= 0.3 is 6.18 Å². The maximum absolute atomic E-state index is 13.4. The molecule has 2 aromatic carbocycles. The lowest BCUT2D eigenvalue weighted by Crippen LogP contribution is -2.58. The number of hydrogen-bond acceptors (Lipinski definition) is 6. The number of rotatable bonds is 6. The Morgan fingerprint density at radius 1 is 1.10 bits per heavy atom.